The summed E-state index contributed by atoms with van der Waals surface area (Å²) in [6.07, 6.45) is 0. The maximum atomic E-state index is 8.25. The zero-order valence-electron chi connectivity index (χ0n) is 2.19. The van der Waals surface area contributed by atoms with Crippen LogP contribution in [0.15, 0.2) is 0 Å². The minimum Gasteiger partial charge on any atom is 0 e. The fourth-order valence-electron chi connectivity index (χ4n) is 0. The van der Waals surface area contributed by atoms with Crippen molar-refractivity contribution < 1.29 is 23.3 Å². The van der Waals surface area contributed by atoms with Crippen LogP contribution in [0.5, 0.6) is 0 Å². The SMILES string of the molecule is [Ga].[O]=[Ge].[Zn]. The molecule has 0 spiro atoms. The van der Waals surface area contributed by atoms with Gasteiger partial charge in [0.05, 0.1) is 0 Å². The first kappa shape index (κ1) is 17.5. The van der Waals surface area contributed by atoms with Crippen molar-refractivity contribution >= 4 is 36.2 Å². The summed E-state index contributed by atoms with van der Waals surface area (Å²) in [4.78, 5) is 0. The van der Waals surface area contributed by atoms with Crippen molar-refractivity contribution in [1.29, 1.82) is 0 Å². The molecule has 0 aromatic heterocycles. The Bertz CT molecular complexity index is 8.00. The third-order valence-electron chi connectivity index (χ3n) is 0. The first-order chi connectivity index (χ1) is 1.00. The second-order valence-corrected chi connectivity index (χ2v) is 0. The van der Waals surface area contributed by atoms with E-state index in [-0.39, 0.29) is 39.3 Å². The van der Waals surface area contributed by atoms with Gasteiger partial charge in [0.25, 0.3) is 0 Å². The molecule has 0 aliphatic heterocycles. The van der Waals surface area contributed by atoms with E-state index in [4.69, 9.17) is 3.78 Å². The molecule has 0 amide bonds. The molecule has 0 aliphatic carbocycles. The molecule has 1 nitrogen and oxygen atoms in total. The summed E-state index contributed by atoms with van der Waals surface area (Å²) in [5.74, 6) is 0. The largest absolute Gasteiger partial charge is 0 e. The van der Waals surface area contributed by atoms with Crippen LogP contribution in [0, 0.1) is 0 Å². The van der Waals surface area contributed by atoms with Gasteiger partial charge in [0.1, 0.15) is 0 Å². The number of rotatable bonds is 0. The van der Waals surface area contributed by atoms with E-state index in [1.165, 1.54) is 0 Å². The maximum Gasteiger partial charge on any atom is 0 e. The molecular formula is GaGeOZn. The topological polar surface area (TPSA) is 17.1 Å². The summed E-state index contributed by atoms with van der Waals surface area (Å²) in [6.45, 7) is 0. The van der Waals surface area contributed by atoms with Gasteiger partial charge in [-0.1, -0.05) is 0 Å². The van der Waals surface area contributed by atoms with E-state index in [1.54, 1.807) is 0 Å². The minimum atomic E-state index is 0. The van der Waals surface area contributed by atoms with Gasteiger partial charge in [-0.3, -0.25) is 0 Å². The molecule has 4 heavy (non-hydrogen) atoms. The van der Waals surface area contributed by atoms with Gasteiger partial charge in [-0.05, 0) is 0 Å². The quantitative estimate of drug-likeness (QED) is 0.488. The molecule has 0 heterocycles. The van der Waals surface area contributed by atoms with Crippen molar-refractivity contribution in [3.63, 3.8) is 0 Å². The molecule has 15 valence electrons. The summed E-state index contributed by atoms with van der Waals surface area (Å²) in [6, 6.07) is 0. The van der Waals surface area contributed by atoms with Crippen LogP contribution in [0.1, 0.15) is 0 Å². The molecule has 0 aromatic carbocycles. The van der Waals surface area contributed by atoms with Gasteiger partial charge < -0.3 is 0 Å². The average Bonchev–Trinajstić information content (AvgIpc) is 1.00. The Morgan fingerprint density at radius 3 is 1.25 bits per heavy atom. The standard InChI is InChI=1S/Ga.GeO.Zn/c;1-2;. The minimum absolute atomic E-state index is 0. The van der Waals surface area contributed by atoms with Crippen LogP contribution < -0.4 is 0 Å². The predicted octanol–water partition coefficient (Wildman–Crippen LogP) is -0.883. The predicted molar refractivity (Wildman–Crippen MR) is 12.2 cm³/mol. The monoisotopic (exact) mass is 223 g/mol. The Hall–Kier alpha value is 1.60. The van der Waals surface area contributed by atoms with Crippen molar-refractivity contribution in [2.24, 2.45) is 0 Å². The number of hydrogen-bond acceptors (Lipinski definition) is 1. The van der Waals surface area contributed by atoms with Crippen LogP contribution in [0.25, 0.3) is 0 Å². The van der Waals surface area contributed by atoms with Gasteiger partial charge in [0.15, 0.2) is 0 Å². The maximum absolute atomic E-state index is 8.25. The fourth-order valence-corrected chi connectivity index (χ4v) is 0. The molecule has 0 atom stereocenters. The second-order valence-electron chi connectivity index (χ2n) is 0. The summed E-state index contributed by atoms with van der Waals surface area (Å²) in [5.41, 5.74) is 0. The number of hydrogen-bond donors (Lipinski definition) is 0. The van der Waals surface area contributed by atoms with E-state index in [2.05, 4.69) is 0 Å². The zero-order chi connectivity index (χ0) is 2.00. The van der Waals surface area contributed by atoms with Crippen molar-refractivity contribution in [3.8, 4) is 0 Å². The molecule has 0 fully saturated rings. The molecule has 0 aromatic rings. The van der Waals surface area contributed by atoms with Crippen molar-refractivity contribution in [3.05, 3.63) is 0 Å². The van der Waals surface area contributed by atoms with Gasteiger partial charge >= 0.3 is 20.2 Å². The van der Waals surface area contributed by atoms with Crippen LogP contribution in [-0.2, 0) is 23.3 Å². The first-order valence-electron chi connectivity index (χ1n) is 0.204. The van der Waals surface area contributed by atoms with Crippen molar-refractivity contribution in [2.75, 3.05) is 0 Å². The van der Waals surface area contributed by atoms with Crippen molar-refractivity contribution in [1.82, 2.24) is 0 Å². The smallest absolute Gasteiger partial charge is 0 e. The Balaban J connectivity index is -0.00000000500. The summed E-state index contributed by atoms with van der Waals surface area (Å²) in [5, 5.41) is 0. The average molecular weight is 224 g/mol. The molecule has 5 radical (unpaired) electrons. The van der Waals surface area contributed by atoms with E-state index in [0.717, 1.165) is 16.5 Å². The molecule has 0 aliphatic rings. The molecule has 0 saturated carbocycles. The van der Waals surface area contributed by atoms with Gasteiger partial charge in [-0.25, -0.2) is 0 Å². The summed E-state index contributed by atoms with van der Waals surface area (Å²) < 4.78 is 8.25. The zero-order valence-corrected chi connectivity index (χ0v) is 9.68. The van der Waals surface area contributed by atoms with Crippen LogP contribution in [0.4, 0.5) is 0 Å². The Kier molecular flexibility index (Phi) is 102. The van der Waals surface area contributed by atoms with E-state index in [0.29, 0.717) is 0 Å². The van der Waals surface area contributed by atoms with Gasteiger partial charge in [0, 0.05) is 39.3 Å². The fraction of sp³-hybridized carbons (Fsp3) is 0. The molecular weight excluding hydrogens is 224 g/mol. The van der Waals surface area contributed by atoms with Gasteiger partial charge in [-0.15, -0.1) is 0 Å². The van der Waals surface area contributed by atoms with Crippen LogP contribution in [0.3, 0.4) is 0 Å². The Morgan fingerprint density at radius 1 is 1.25 bits per heavy atom. The molecule has 0 bridgehead atoms. The summed E-state index contributed by atoms with van der Waals surface area (Å²) >= 11 is 0.750. The third kappa shape index (κ3) is 9.50. The molecule has 0 unspecified atom stereocenters. The first-order valence-corrected chi connectivity index (χ1v) is 1.06. The normalized spacial score (nSPS) is 1.00. The van der Waals surface area contributed by atoms with Crippen LogP contribution >= 0.6 is 0 Å². The van der Waals surface area contributed by atoms with E-state index in [9.17, 15) is 0 Å². The van der Waals surface area contributed by atoms with Crippen LogP contribution in [0.2, 0.25) is 0 Å². The van der Waals surface area contributed by atoms with Gasteiger partial charge in [-0.2, -0.15) is 0 Å². The van der Waals surface area contributed by atoms with E-state index in [1.807, 2.05) is 0 Å². The third-order valence-corrected chi connectivity index (χ3v) is 0. The van der Waals surface area contributed by atoms with E-state index >= 15 is 0 Å². The summed E-state index contributed by atoms with van der Waals surface area (Å²) in [7, 11) is 0. The van der Waals surface area contributed by atoms with Crippen LogP contribution in [-0.4, -0.2) is 36.2 Å². The van der Waals surface area contributed by atoms with Gasteiger partial charge in [0.2, 0.25) is 0 Å². The molecule has 0 saturated heterocycles. The van der Waals surface area contributed by atoms with E-state index < -0.39 is 0 Å². The molecule has 0 rings (SSSR count). The second kappa shape index (κ2) is 23.3. The Morgan fingerprint density at radius 2 is 1.25 bits per heavy atom. The molecule has 0 N–H and O–H groups in total. The Labute approximate surface area is 59.2 Å². The molecule has 4 heteroatoms. The van der Waals surface area contributed by atoms with Crippen molar-refractivity contribution in [2.45, 2.75) is 0 Å².